The van der Waals surface area contributed by atoms with Gasteiger partial charge in [-0.25, -0.2) is 0 Å². The predicted molar refractivity (Wildman–Crippen MR) is 132 cm³/mol. The molecule has 34 heavy (non-hydrogen) atoms. The molecular weight excluding hydrogens is 497 g/mol. The van der Waals surface area contributed by atoms with E-state index >= 15 is 0 Å². The van der Waals surface area contributed by atoms with Crippen molar-refractivity contribution in [1.29, 1.82) is 0 Å². The van der Waals surface area contributed by atoms with Gasteiger partial charge in [0, 0.05) is 39.0 Å². The van der Waals surface area contributed by atoms with Crippen LogP contribution in [0.2, 0.25) is 10.0 Å². The highest BCUT2D eigenvalue weighted by Gasteiger charge is 2.16. The summed E-state index contributed by atoms with van der Waals surface area (Å²) in [6.45, 7) is 2.85. The van der Waals surface area contributed by atoms with Gasteiger partial charge in [0.25, 0.3) is 5.91 Å². The summed E-state index contributed by atoms with van der Waals surface area (Å²) in [5.74, 6) is 2.25. The number of ether oxygens (including phenoxy) is 3. The van der Waals surface area contributed by atoms with E-state index in [1.165, 1.54) is 11.3 Å². The second-order valence-corrected chi connectivity index (χ2v) is 9.33. The fourth-order valence-corrected chi connectivity index (χ4v) is 4.75. The topological polar surface area (TPSA) is 74.6 Å². The first kappa shape index (κ1) is 22.6. The number of amides is 1. The van der Waals surface area contributed by atoms with Gasteiger partial charge in [-0.15, -0.1) is 11.3 Å². The van der Waals surface area contributed by atoms with E-state index in [1.807, 2.05) is 24.4 Å². The number of halogens is 2. The molecule has 1 N–H and O–H groups in total. The maximum Gasteiger partial charge on any atom is 0.266 e. The Morgan fingerprint density at radius 2 is 1.94 bits per heavy atom. The van der Waals surface area contributed by atoms with Crippen LogP contribution in [-0.4, -0.2) is 22.5 Å². The summed E-state index contributed by atoms with van der Waals surface area (Å²) in [6, 6.07) is 14.4. The first-order valence-electron chi connectivity index (χ1n) is 10.3. The number of hydrogen-bond donors (Lipinski definition) is 1. The zero-order valence-electron chi connectivity index (χ0n) is 18.0. The number of benzene rings is 2. The van der Waals surface area contributed by atoms with Crippen LogP contribution in [0.5, 0.6) is 17.2 Å². The second-order valence-electron chi connectivity index (χ2n) is 7.61. The van der Waals surface area contributed by atoms with Gasteiger partial charge >= 0.3 is 0 Å². The van der Waals surface area contributed by atoms with E-state index in [9.17, 15) is 4.79 Å². The van der Waals surface area contributed by atoms with Crippen molar-refractivity contribution in [2.75, 3.05) is 12.1 Å². The van der Waals surface area contributed by atoms with Crippen LogP contribution < -0.4 is 19.5 Å². The lowest BCUT2D eigenvalue weighted by Gasteiger charge is -2.08. The maximum atomic E-state index is 12.8. The number of carbonyl (C=O) groups is 1. The number of thiophene rings is 1. The smallest absolute Gasteiger partial charge is 0.266 e. The summed E-state index contributed by atoms with van der Waals surface area (Å²) in [5, 5.41) is 10.4. The van der Waals surface area contributed by atoms with Crippen LogP contribution in [0.1, 0.15) is 26.5 Å². The summed E-state index contributed by atoms with van der Waals surface area (Å²) < 4.78 is 18.2. The molecule has 1 aliphatic heterocycles. The van der Waals surface area contributed by atoms with Gasteiger partial charge in [-0.2, -0.15) is 5.10 Å². The molecule has 0 atom stereocenters. The lowest BCUT2D eigenvalue weighted by atomic mass is 10.2. The molecule has 1 amide bonds. The van der Waals surface area contributed by atoms with Gasteiger partial charge in [0.05, 0.1) is 11.4 Å². The monoisotopic (exact) mass is 515 g/mol. The van der Waals surface area contributed by atoms with E-state index in [1.54, 1.807) is 41.1 Å². The highest BCUT2D eigenvalue weighted by atomic mass is 35.5. The van der Waals surface area contributed by atoms with E-state index in [4.69, 9.17) is 37.4 Å². The zero-order valence-corrected chi connectivity index (χ0v) is 20.3. The first-order valence-corrected chi connectivity index (χ1v) is 12.0. The lowest BCUT2D eigenvalue weighted by molar-refractivity contribution is 0.103. The lowest BCUT2D eigenvalue weighted by Crippen LogP contribution is -2.11. The molecule has 0 saturated heterocycles. The molecule has 4 aromatic rings. The van der Waals surface area contributed by atoms with Crippen LogP contribution in [0.25, 0.3) is 0 Å². The summed E-state index contributed by atoms with van der Waals surface area (Å²) in [6.07, 6.45) is 0. The highest BCUT2D eigenvalue weighted by Crippen LogP contribution is 2.35. The van der Waals surface area contributed by atoms with E-state index in [2.05, 4.69) is 10.4 Å². The van der Waals surface area contributed by atoms with Crippen LogP contribution in [0, 0.1) is 6.92 Å². The van der Waals surface area contributed by atoms with Crippen molar-refractivity contribution >= 4 is 46.3 Å². The minimum atomic E-state index is -0.236. The Morgan fingerprint density at radius 1 is 1.15 bits per heavy atom. The Balaban J connectivity index is 1.21. The molecule has 1 aliphatic rings. The molecule has 5 rings (SSSR count). The Bertz CT molecular complexity index is 1350. The summed E-state index contributed by atoms with van der Waals surface area (Å²) >= 11 is 13.9. The second kappa shape index (κ2) is 9.58. The standard InChI is InChI=1S/C24H19Cl2N3O4S/c1-14-7-23(28-29(14)10-17-18(25)3-2-4-19(17)26)27-24(30)22-8-15(12-34-22)11-31-16-5-6-20-21(9-16)33-13-32-20/h2-9,12H,10-11,13H2,1H3,(H,27,28,30). The zero-order chi connectivity index (χ0) is 23.7. The van der Waals surface area contributed by atoms with Gasteiger partial charge in [-0.05, 0) is 42.6 Å². The molecule has 0 bridgehead atoms. The third kappa shape index (κ3) is 4.84. The van der Waals surface area contributed by atoms with Gasteiger partial charge in [0.2, 0.25) is 6.79 Å². The van der Waals surface area contributed by atoms with Crippen molar-refractivity contribution in [2.24, 2.45) is 0 Å². The van der Waals surface area contributed by atoms with Crippen molar-refractivity contribution in [1.82, 2.24) is 9.78 Å². The molecule has 0 saturated carbocycles. The molecule has 0 fully saturated rings. The quantitative estimate of drug-likeness (QED) is 0.318. The molecule has 0 unspecified atom stereocenters. The summed E-state index contributed by atoms with van der Waals surface area (Å²) in [4.78, 5) is 13.3. The van der Waals surface area contributed by atoms with Crippen molar-refractivity contribution < 1.29 is 19.0 Å². The first-order chi connectivity index (χ1) is 16.5. The third-order valence-electron chi connectivity index (χ3n) is 5.22. The van der Waals surface area contributed by atoms with Crippen molar-refractivity contribution in [3.05, 3.63) is 85.7 Å². The molecule has 2 aromatic carbocycles. The number of aryl methyl sites for hydroxylation is 1. The Hall–Kier alpha value is -3.20. The van der Waals surface area contributed by atoms with Gasteiger partial charge in [-0.3, -0.25) is 9.48 Å². The molecule has 0 radical (unpaired) electrons. The number of rotatable bonds is 7. The summed E-state index contributed by atoms with van der Waals surface area (Å²) in [5.41, 5.74) is 2.54. The number of aromatic nitrogens is 2. The number of nitrogens with zero attached hydrogens (tertiary/aromatic N) is 2. The van der Waals surface area contributed by atoms with E-state index < -0.39 is 0 Å². The molecule has 174 valence electrons. The molecule has 0 spiro atoms. The number of fused-ring (bicyclic) bond motifs is 1. The molecule has 7 nitrogen and oxygen atoms in total. The predicted octanol–water partition coefficient (Wildman–Crippen LogP) is 6.17. The molecular formula is C24H19Cl2N3O4S. The molecule has 3 heterocycles. The SMILES string of the molecule is Cc1cc(NC(=O)c2cc(COc3ccc4c(c3)OCO4)cs2)nn1Cc1c(Cl)cccc1Cl. The van der Waals surface area contributed by atoms with Crippen LogP contribution >= 0.6 is 34.5 Å². The highest BCUT2D eigenvalue weighted by molar-refractivity contribution is 7.12. The third-order valence-corrected chi connectivity index (χ3v) is 6.91. The van der Waals surface area contributed by atoms with Gasteiger partial charge < -0.3 is 19.5 Å². The molecule has 10 heteroatoms. The van der Waals surface area contributed by atoms with Gasteiger partial charge in [0.1, 0.15) is 12.4 Å². The minimum absolute atomic E-state index is 0.216. The molecule has 2 aromatic heterocycles. The van der Waals surface area contributed by atoms with E-state index in [0.717, 1.165) is 16.8 Å². The Morgan fingerprint density at radius 3 is 2.76 bits per heavy atom. The van der Waals surface area contributed by atoms with E-state index in [0.29, 0.717) is 51.1 Å². The normalized spacial score (nSPS) is 12.1. The van der Waals surface area contributed by atoms with E-state index in [-0.39, 0.29) is 12.7 Å². The molecule has 0 aliphatic carbocycles. The number of anilines is 1. The Kier molecular flexibility index (Phi) is 6.36. The Labute approximate surface area is 209 Å². The summed E-state index contributed by atoms with van der Waals surface area (Å²) in [7, 11) is 0. The van der Waals surface area contributed by atoms with Crippen LogP contribution in [0.3, 0.4) is 0 Å². The van der Waals surface area contributed by atoms with Crippen LogP contribution in [-0.2, 0) is 13.2 Å². The number of carbonyl (C=O) groups excluding carboxylic acids is 1. The largest absolute Gasteiger partial charge is 0.489 e. The maximum absolute atomic E-state index is 12.8. The number of hydrogen-bond acceptors (Lipinski definition) is 6. The average Bonchev–Trinajstić information content (AvgIpc) is 3.55. The van der Waals surface area contributed by atoms with Crippen LogP contribution in [0.4, 0.5) is 5.82 Å². The minimum Gasteiger partial charge on any atom is -0.489 e. The van der Waals surface area contributed by atoms with Crippen molar-refractivity contribution in [3.8, 4) is 17.2 Å². The van der Waals surface area contributed by atoms with Gasteiger partial charge in [0.15, 0.2) is 17.3 Å². The van der Waals surface area contributed by atoms with Crippen molar-refractivity contribution in [2.45, 2.75) is 20.1 Å². The van der Waals surface area contributed by atoms with Crippen LogP contribution in [0.15, 0.2) is 53.9 Å². The fraction of sp³-hybridized carbons (Fsp3) is 0.167. The van der Waals surface area contributed by atoms with Gasteiger partial charge in [-0.1, -0.05) is 29.3 Å². The number of nitrogens with one attached hydrogen (secondary N) is 1. The average molecular weight is 516 g/mol. The van der Waals surface area contributed by atoms with Crippen molar-refractivity contribution in [3.63, 3.8) is 0 Å². The fourth-order valence-electron chi connectivity index (χ4n) is 3.45.